The lowest BCUT2D eigenvalue weighted by atomic mass is 9.95. The average Bonchev–Trinajstić information content (AvgIpc) is 1.77. The first-order chi connectivity index (χ1) is 42.9. The molecule has 20 nitrogen and oxygen atoms in total. The Labute approximate surface area is 538 Å². The minimum atomic E-state index is -5.34. The Balaban J connectivity index is 2.45. The number of carbonyl (C=O) groups is 2. The molecule has 0 spiro atoms. The van der Waals surface area contributed by atoms with Gasteiger partial charge in [-0.2, -0.15) is 0 Å². The third-order valence-electron chi connectivity index (χ3n) is 17.0. The number of amides is 2. The minimum Gasteiger partial charge on any atom is -0.388 e. The van der Waals surface area contributed by atoms with Crippen LogP contribution in [0.1, 0.15) is 285 Å². The van der Waals surface area contributed by atoms with Gasteiger partial charge < -0.3 is 68.5 Å². The first kappa shape index (κ1) is 83.4. The first-order valence-corrected chi connectivity index (χ1v) is 38.2. The zero-order valence-corrected chi connectivity index (χ0v) is 58.1. The summed E-state index contributed by atoms with van der Waals surface area (Å²) in [6, 6.07) is -2.70. The van der Waals surface area contributed by atoms with E-state index in [9.17, 15) is 43.4 Å². The standard InChI is InChI=1S/C67H128N2O18P2/c1-8-12-16-20-23-26-27-28-29-30-31-33-35-39-43-47-58(70)68-61-65(82-50-48-55(80-7)46-42-37-19-15-11-4)63(86-88(73,74)75)57(52-79-6)85-66(61)83-53-56-62(72)64(81-49-44-40-36-25-22-18-14-10-3)60(67(84-56)87-89(76,77)78)69-59(71)51-54(5)45-41-38-34-32-24-21-17-13-9-2/h26-27,55-57,60-67,72H,5,8-25,28-53H2,1-4,6-7H3,(H,68,70)(H,69,71)(H2,73,74,75)(H2,76,77,78)/b27-26-/t55-,56-,57-,60-,61-,62-,63-,64-,65-,66-,67+/m1/s1. The van der Waals surface area contributed by atoms with E-state index in [0.717, 1.165) is 154 Å². The predicted octanol–water partition coefficient (Wildman–Crippen LogP) is 14.6. The number of allylic oxidation sites excluding steroid dienone is 2. The molecule has 0 aliphatic carbocycles. The van der Waals surface area contributed by atoms with E-state index >= 15 is 0 Å². The maximum atomic E-state index is 14.1. The molecule has 22 heteroatoms. The Morgan fingerprint density at radius 1 is 0.494 bits per heavy atom. The van der Waals surface area contributed by atoms with Crippen molar-refractivity contribution in [3.05, 3.63) is 24.3 Å². The summed E-state index contributed by atoms with van der Waals surface area (Å²) in [5, 5.41) is 18.1. The second-order valence-corrected chi connectivity index (χ2v) is 27.4. The van der Waals surface area contributed by atoms with Gasteiger partial charge in [-0.3, -0.25) is 18.6 Å². The van der Waals surface area contributed by atoms with Gasteiger partial charge in [0.05, 0.1) is 19.3 Å². The van der Waals surface area contributed by atoms with Crippen molar-refractivity contribution in [2.75, 3.05) is 40.6 Å². The van der Waals surface area contributed by atoms with Crippen molar-refractivity contribution in [3.8, 4) is 0 Å². The molecule has 0 unspecified atom stereocenters. The molecule has 2 heterocycles. The molecule has 2 amide bonds. The van der Waals surface area contributed by atoms with Gasteiger partial charge in [0, 0.05) is 40.3 Å². The van der Waals surface area contributed by atoms with E-state index in [0.29, 0.717) is 31.3 Å². The SMILES string of the molecule is C=C(CCCCCCCCCCC)CC(=O)N[C@H]1[C@H](OP(=O)(O)O)O[C@H](CO[C@@H]2O[C@H](COC)[C@@H](OP(=O)(O)O)[C@H](OCC[C@@H](CCCCCCC)OC)[C@H]2NC(=O)CCCCCCCCC/C=C\CCCCCC)[C@@H](O)[C@@H]1OCCCCCCCCCC. The third-order valence-corrected chi connectivity index (χ3v) is 18.0. The number of aliphatic hydroxyl groups is 1. The highest BCUT2D eigenvalue weighted by molar-refractivity contribution is 7.46. The summed E-state index contributed by atoms with van der Waals surface area (Å²) in [6.45, 7) is 12.2. The molecule has 7 N–H and O–H groups in total. The zero-order valence-electron chi connectivity index (χ0n) is 56.3. The lowest BCUT2D eigenvalue weighted by molar-refractivity contribution is -0.301. The van der Waals surface area contributed by atoms with E-state index in [1.54, 1.807) is 7.11 Å². The number of methoxy groups -OCH3 is 2. The van der Waals surface area contributed by atoms with Crippen molar-refractivity contribution in [1.82, 2.24) is 10.6 Å². The van der Waals surface area contributed by atoms with Crippen LogP contribution >= 0.6 is 15.6 Å². The molecular formula is C67H128N2O18P2. The number of aliphatic hydroxyl groups excluding tert-OH is 1. The van der Waals surface area contributed by atoms with Gasteiger partial charge in [0.15, 0.2) is 12.6 Å². The average molecular weight is 1310 g/mol. The number of carbonyl (C=O) groups excluding carboxylic acids is 2. The Bertz CT molecular complexity index is 1890. The Kier molecular flexibility index (Phi) is 49.3. The molecule has 0 bridgehead atoms. The van der Waals surface area contributed by atoms with E-state index < -0.39 is 95.4 Å². The Hall–Kier alpha value is -1.68. The maximum absolute atomic E-state index is 14.1. The van der Waals surface area contributed by atoms with Crippen molar-refractivity contribution in [3.63, 3.8) is 0 Å². The van der Waals surface area contributed by atoms with Gasteiger partial charge in [0.1, 0.15) is 48.7 Å². The highest BCUT2D eigenvalue weighted by atomic mass is 31.2. The Morgan fingerprint density at radius 2 is 0.944 bits per heavy atom. The quantitative estimate of drug-likeness (QED) is 0.0169. The number of phosphoric ester groups is 2. The topological polar surface area (TPSA) is 277 Å². The second kappa shape index (κ2) is 52.6. The van der Waals surface area contributed by atoms with Gasteiger partial charge in [0.2, 0.25) is 11.8 Å². The van der Waals surface area contributed by atoms with Crippen LogP contribution in [0.3, 0.4) is 0 Å². The number of nitrogens with one attached hydrogen (secondary N) is 2. The zero-order chi connectivity index (χ0) is 65.4. The van der Waals surface area contributed by atoms with Gasteiger partial charge in [-0.15, -0.1) is 0 Å². The van der Waals surface area contributed by atoms with Gasteiger partial charge >= 0.3 is 15.6 Å². The second-order valence-electron chi connectivity index (χ2n) is 25.0. The predicted molar refractivity (Wildman–Crippen MR) is 351 cm³/mol. The fraction of sp³-hybridized carbons (Fsp3) is 0.910. The summed E-state index contributed by atoms with van der Waals surface area (Å²) in [5.74, 6) is -0.930. The largest absolute Gasteiger partial charge is 0.472 e. The molecule has 0 aromatic rings. The van der Waals surface area contributed by atoms with Crippen LogP contribution in [0.2, 0.25) is 0 Å². The van der Waals surface area contributed by atoms with Crippen LogP contribution in [-0.4, -0.2) is 145 Å². The number of unbranched alkanes of at least 4 members (excludes halogenated alkanes) is 30. The van der Waals surface area contributed by atoms with Crippen LogP contribution in [0.5, 0.6) is 0 Å². The molecule has 89 heavy (non-hydrogen) atoms. The lowest BCUT2D eigenvalue weighted by Crippen LogP contribution is -2.67. The molecular weight excluding hydrogens is 1180 g/mol. The fourth-order valence-electron chi connectivity index (χ4n) is 11.8. The molecule has 2 aliphatic rings. The van der Waals surface area contributed by atoms with E-state index in [2.05, 4.69) is 57.1 Å². The van der Waals surface area contributed by atoms with Crippen LogP contribution in [0.25, 0.3) is 0 Å². The highest BCUT2D eigenvalue weighted by Crippen LogP contribution is 2.44. The van der Waals surface area contributed by atoms with E-state index in [-0.39, 0.29) is 38.8 Å². The van der Waals surface area contributed by atoms with Gasteiger partial charge in [-0.1, -0.05) is 232 Å². The lowest BCUT2D eigenvalue weighted by Gasteiger charge is -2.47. The van der Waals surface area contributed by atoms with Crippen molar-refractivity contribution in [2.24, 2.45) is 0 Å². The summed E-state index contributed by atoms with van der Waals surface area (Å²) in [7, 11) is -7.60. The van der Waals surface area contributed by atoms with Crippen LogP contribution < -0.4 is 10.6 Å². The number of rotatable bonds is 59. The smallest absolute Gasteiger partial charge is 0.388 e. The van der Waals surface area contributed by atoms with Crippen molar-refractivity contribution >= 4 is 27.5 Å². The summed E-state index contributed by atoms with van der Waals surface area (Å²) in [4.78, 5) is 69.3. The molecule has 11 atom stereocenters. The van der Waals surface area contributed by atoms with E-state index in [4.69, 9.17) is 42.2 Å². The van der Waals surface area contributed by atoms with Crippen LogP contribution in [-0.2, 0) is 60.9 Å². The first-order valence-electron chi connectivity index (χ1n) is 35.1. The van der Waals surface area contributed by atoms with Crippen molar-refractivity contribution < 1.29 is 85.6 Å². The molecule has 0 aromatic heterocycles. The normalized spacial score (nSPS) is 22.9. The van der Waals surface area contributed by atoms with Crippen LogP contribution in [0.4, 0.5) is 0 Å². The molecule has 0 aromatic carbocycles. The van der Waals surface area contributed by atoms with Gasteiger partial charge in [0.25, 0.3) is 0 Å². The number of hydrogen-bond donors (Lipinski definition) is 7. The molecule has 2 aliphatic heterocycles. The molecule has 0 saturated carbocycles. The minimum absolute atomic E-state index is 0.0245. The molecule has 2 fully saturated rings. The molecule has 2 rings (SSSR count). The van der Waals surface area contributed by atoms with Crippen LogP contribution in [0.15, 0.2) is 24.3 Å². The van der Waals surface area contributed by atoms with Crippen molar-refractivity contribution in [1.29, 1.82) is 0 Å². The summed E-state index contributed by atoms with van der Waals surface area (Å²) >= 11 is 0. The van der Waals surface area contributed by atoms with E-state index in [1.807, 2.05) is 0 Å². The number of phosphoric acid groups is 2. The van der Waals surface area contributed by atoms with Crippen LogP contribution in [0, 0.1) is 0 Å². The molecule has 2 saturated heterocycles. The number of ether oxygens (including phenoxy) is 7. The summed E-state index contributed by atoms with van der Waals surface area (Å²) in [5.41, 5.74) is 0.679. The molecule has 0 radical (unpaired) electrons. The Morgan fingerprint density at radius 3 is 1.47 bits per heavy atom. The fourth-order valence-corrected chi connectivity index (χ4v) is 12.8. The summed E-state index contributed by atoms with van der Waals surface area (Å²) < 4.78 is 79.7. The van der Waals surface area contributed by atoms with Crippen molar-refractivity contribution in [2.45, 2.75) is 352 Å². The summed E-state index contributed by atoms with van der Waals surface area (Å²) in [6.07, 6.45) is 32.0. The number of hydrogen-bond acceptors (Lipinski definition) is 14. The maximum Gasteiger partial charge on any atom is 0.472 e. The monoisotopic (exact) mass is 1310 g/mol. The van der Waals surface area contributed by atoms with E-state index in [1.165, 1.54) is 71.3 Å². The van der Waals surface area contributed by atoms with Gasteiger partial charge in [-0.25, -0.2) is 9.13 Å². The highest BCUT2D eigenvalue weighted by Gasteiger charge is 2.53. The third kappa shape index (κ3) is 41.0. The van der Waals surface area contributed by atoms with Gasteiger partial charge in [-0.05, 0) is 64.2 Å². The molecule has 524 valence electrons.